The maximum Gasteiger partial charge on any atom is 0.300 e. The van der Waals surface area contributed by atoms with Gasteiger partial charge in [0.2, 0.25) is 0 Å². The maximum atomic E-state index is 6.01. The first-order valence-electron chi connectivity index (χ1n) is 8.55. The zero-order chi connectivity index (χ0) is 18.9. The van der Waals surface area contributed by atoms with Crippen LogP contribution in [0.5, 0.6) is 0 Å². The van der Waals surface area contributed by atoms with Gasteiger partial charge in [0.1, 0.15) is 10.5 Å². The summed E-state index contributed by atoms with van der Waals surface area (Å²) in [4.78, 5) is 13.5. The van der Waals surface area contributed by atoms with Crippen molar-refractivity contribution in [2.75, 3.05) is 5.32 Å². The predicted octanol–water partition coefficient (Wildman–Crippen LogP) is 6.41. The number of benzene rings is 2. The number of hydrogen-bond donors (Lipinski definition) is 1. The van der Waals surface area contributed by atoms with Gasteiger partial charge in [-0.25, -0.2) is 4.98 Å². The van der Waals surface area contributed by atoms with Gasteiger partial charge in [0.25, 0.3) is 6.01 Å². The molecule has 0 fully saturated rings. The quantitative estimate of drug-likeness (QED) is 0.375. The van der Waals surface area contributed by atoms with E-state index in [1.807, 2.05) is 47.8 Å². The van der Waals surface area contributed by atoms with E-state index in [9.17, 15) is 0 Å². The summed E-state index contributed by atoms with van der Waals surface area (Å²) in [7, 11) is 0. The molecule has 136 valence electrons. The first-order chi connectivity index (χ1) is 13.7. The SMILES string of the molecule is Clc1ccc2oc(Nc3cccc(-c4csc(-c5ccccn5)n4)c3)nc2c1. The van der Waals surface area contributed by atoms with E-state index < -0.39 is 0 Å². The van der Waals surface area contributed by atoms with Crippen molar-refractivity contribution in [2.45, 2.75) is 0 Å². The smallest absolute Gasteiger partial charge is 0.300 e. The fourth-order valence-electron chi connectivity index (χ4n) is 2.85. The van der Waals surface area contributed by atoms with E-state index in [1.54, 1.807) is 35.7 Å². The molecule has 0 atom stereocenters. The lowest BCUT2D eigenvalue weighted by molar-refractivity contribution is 0.623. The normalized spacial score (nSPS) is 11.0. The summed E-state index contributed by atoms with van der Waals surface area (Å²) in [6, 6.07) is 19.6. The first-order valence-corrected chi connectivity index (χ1v) is 9.81. The van der Waals surface area contributed by atoms with E-state index in [2.05, 4.69) is 15.3 Å². The molecule has 28 heavy (non-hydrogen) atoms. The van der Waals surface area contributed by atoms with Crippen LogP contribution in [-0.4, -0.2) is 15.0 Å². The molecule has 0 saturated heterocycles. The number of nitrogens with zero attached hydrogens (tertiary/aromatic N) is 3. The largest absolute Gasteiger partial charge is 0.423 e. The molecule has 7 heteroatoms. The number of nitrogens with one attached hydrogen (secondary N) is 1. The third-order valence-electron chi connectivity index (χ3n) is 4.15. The minimum atomic E-state index is 0.418. The van der Waals surface area contributed by atoms with Gasteiger partial charge in [-0.3, -0.25) is 4.98 Å². The summed E-state index contributed by atoms with van der Waals surface area (Å²) < 4.78 is 5.73. The number of oxazole rings is 1. The van der Waals surface area contributed by atoms with Crippen LogP contribution in [-0.2, 0) is 0 Å². The van der Waals surface area contributed by atoms with Gasteiger partial charge < -0.3 is 9.73 Å². The molecule has 1 N–H and O–H groups in total. The van der Waals surface area contributed by atoms with Crippen LogP contribution in [0.2, 0.25) is 5.02 Å². The molecule has 5 rings (SSSR count). The van der Waals surface area contributed by atoms with Gasteiger partial charge in [0.15, 0.2) is 5.58 Å². The molecule has 0 spiro atoms. The first kappa shape index (κ1) is 16.9. The number of anilines is 2. The highest BCUT2D eigenvalue weighted by molar-refractivity contribution is 7.13. The second-order valence-electron chi connectivity index (χ2n) is 6.09. The Morgan fingerprint density at radius 3 is 2.79 bits per heavy atom. The maximum absolute atomic E-state index is 6.01. The van der Waals surface area contributed by atoms with Gasteiger partial charge in [0.05, 0.1) is 11.4 Å². The Labute approximate surface area is 169 Å². The van der Waals surface area contributed by atoms with E-state index in [0.29, 0.717) is 22.1 Å². The summed E-state index contributed by atoms with van der Waals surface area (Å²) in [5.74, 6) is 0. The van der Waals surface area contributed by atoms with E-state index in [0.717, 1.165) is 27.6 Å². The van der Waals surface area contributed by atoms with Gasteiger partial charge in [-0.2, -0.15) is 4.98 Å². The van der Waals surface area contributed by atoms with Crippen molar-refractivity contribution in [1.82, 2.24) is 15.0 Å². The molecule has 5 nitrogen and oxygen atoms in total. The molecule has 0 amide bonds. The zero-order valence-electron chi connectivity index (χ0n) is 14.5. The van der Waals surface area contributed by atoms with Crippen molar-refractivity contribution in [2.24, 2.45) is 0 Å². The lowest BCUT2D eigenvalue weighted by Gasteiger charge is -2.03. The van der Waals surface area contributed by atoms with Crippen LogP contribution in [0.3, 0.4) is 0 Å². The number of aromatic nitrogens is 3. The van der Waals surface area contributed by atoms with Crippen LogP contribution >= 0.6 is 22.9 Å². The Hall–Kier alpha value is -3.22. The Morgan fingerprint density at radius 1 is 0.929 bits per heavy atom. The van der Waals surface area contributed by atoms with Crippen molar-refractivity contribution in [3.63, 3.8) is 0 Å². The van der Waals surface area contributed by atoms with E-state index in [-0.39, 0.29) is 0 Å². The number of rotatable bonds is 4. The van der Waals surface area contributed by atoms with E-state index in [1.165, 1.54) is 0 Å². The van der Waals surface area contributed by atoms with Crippen LogP contribution < -0.4 is 5.32 Å². The van der Waals surface area contributed by atoms with Crippen LogP contribution in [0, 0.1) is 0 Å². The molecule has 0 radical (unpaired) electrons. The van der Waals surface area contributed by atoms with Gasteiger partial charge in [0, 0.05) is 27.9 Å². The van der Waals surface area contributed by atoms with E-state index in [4.69, 9.17) is 21.0 Å². The standard InChI is InChI=1S/C21H13ClN4OS/c22-14-7-8-19-17(11-14)26-21(27-19)24-15-5-3-4-13(10-15)18-12-28-20(25-18)16-6-1-2-9-23-16/h1-12H,(H,24,26). The van der Waals surface area contributed by atoms with Crippen molar-refractivity contribution in [1.29, 1.82) is 0 Å². The van der Waals surface area contributed by atoms with Crippen LogP contribution in [0.15, 0.2) is 76.7 Å². The van der Waals surface area contributed by atoms with Gasteiger partial charge >= 0.3 is 0 Å². The number of thiazole rings is 1. The molecular formula is C21H13ClN4OS. The average molecular weight is 405 g/mol. The van der Waals surface area contributed by atoms with Crippen LogP contribution in [0.1, 0.15) is 0 Å². The summed E-state index contributed by atoms with van der Waals surface area (Å²) in [6.07, 6.45) is 1.77. The summed E-state index contributed by atoms with van der Waals surface area (Å²) in [5.41, 5.74) is 5.04. The van der Waals surface area contributed by atoms with Crippen LogP contribution in [0.25, 0.3) is 33.1 Å². The Kier molecular flexibility index (Phi) is 4.27. The minimum Gasteiger partial charge on any atom is -0.423 e. The molecule has 0 aliphatic carbocycles. The molecule has 5 aromatic rings. The van der Waals surface area contributed by atoms with Crippen molar-refractivity contribution < 1.29 is 4.42 Å². The third-order valence-corrected chi connectivity index (χ3v) is 5.25. The summed E-state index contributed by atoms with van der Waals surface area (Å²) in [6.45, 7) is 0. The minimum absolute atomic E-state index is 0.418. The highest BCUT2D eigenvalue weighted by atomic mass is 35.5. The average Bonchev–Trinajstić information content (AvgIpc) is 3.35. The number of fused-ring (bicyclic) bond motifs is 1. The molecule has 2 aromatic carbocycles. The van der Waals surface area contributed by atoms with Crippen LogP contribution in [0.4, 0.5) is 11.7 Å². The second kappa shape index (κ2) is 7.07. The van der Waals surface area contributed by atoms with Gasteiger partial charge in [-0.1, -0.05) is 29.8 Å². The predicted molar refractivity (Wildman–Crippen MR) is 113 cm³/mol. The zero-order valence-corrected chi connectivity index (χ0v) is 16.0. The molecular weight excluding hydrogens is 392 g/mol. The summed E-state index contributed by atoms with van der Waals surface area (Å²) in [5, 5.41) is 6.76. The highest BCUT2D eigenvalue weighted by Crippen LogP contribution is 2.30. The fraction of sp³-hybridized carbons (Fsp3) is 0. The molecule has 0 aliphatic rings. The Bertz CT molecular complexity index is 1270. The second-order valence-corrected chi connectivity index (χ2v) is 7.38. The highest BCUT2D eigenvalue weighted by Gasteiger charge is 2.10. The Morgan fingerprint density at radius 2 is 1.89 bits per heavy atom. The van der Waals surface area contributed by atoms with Crippen molar-refractivity contribution in [3.8, 4) is 22.0 Å². The lowest BCUT2D eigenvalue weighted by Crippen LogP contribution is -1.90. The fourth-order valence-corrected chi connectivity index (χ4v) is 3.82. The number of hydrogen-bond acceptors (Lipinski definition) is 6. The third kappa shape index (κ3) is 3.35. The molecule has 3 aromatic heterocycles. The monoisotopic (exact) mass is 404 g/mol. The lowest BCUT2D eigenvalue weighted by atomic mass is 10.1. The number of halogens is 1. The van der Waals surface area contributed by atoms with Gasteiger partial charge in [-0.05, 0) is 42.5 Å². The Balaban J connectivity index is 1.42. The number of pyridine rings is 1. The molecule has 0 aliphatic heterocycles. The molecule has 3 heterocycles. The molecule has 0 saturated carbocycles. The van der Waals surface area contributed by atoms with Gasteiger partial charge in [-0.15, -0.1) is 11.3 Å². The molecule has 0 bridgehead atoms. The van der Waals surface area contributed by atoms with Crippen molar-refractivity contribution in [3.05, 3.63) is 77.3 Å². The van der Waals surface area contributed by atoms with Crippen molar-refractivity contribution >= 4 is 45.7 Å². The van der Waals surface area contributed by atoms with E-state index >= 15 is 0 Å². The molecule has 0 unspecified atom stereocenters. The summed E-state index contributed by atoms with van der Waals surface area (Å²) >= 11 is 7.58. The topological polar surface area (TPSA) is 63.8 Å².